The Morgan fingerprint density at radius 2 is 1.92 bits per heavy atom. The number of hydrogen-bond acceptors (Lipinski definition) is 6. The van der Waals surface area contributed by atoms with Gasteiger partial charge in [-0.3, -0.25) is 14.4 Å². The summed E-state index contributed by atoms with van der Waals surface area (Å²) in [5.74, 6) is -1.000. The van der Waals surface area contributed by atoms with Gasteiger partial charge in [-0.15, -0.1) is 11.3 Å². The molecule has 0 unspecified atom stereocenters. The fraction of sp³-hybridized carbons (Fsp3) is 0.333. The smallest absolute Gasteiger partial charge is 0.311 e. The average Bonchev–Trinajstić information content (AvgIpc) is 3.03. The molecule has 1 aliphatic rings. The van der Waals surface area contributed by atoms with Crippen molar-refractivity contribution in [1.29, 1.82) is 0 Å². The van der Waals surface area contributed by atoms with Gasteiger partial charge < -0.3 is 4.74 Å². The zero-order valence-corrected chi connectivity index (χ0v) is 14.6. The third kappa shape index (κ3) is 3.93. The molecule has 0 spiro atoms. The van der Waals surface area contributed by atoms with Crippen LogP contribution in [0.2, 0.25) is 0 Å². The Morgan fingerprint density at radius 1 is 1.24 bits per heavy atom. The number of piperidine rings is 1. The number of thiazole rings is 1. The lowest BCUT2D eigenvalue weighted by Crippen LogP contribution is -2.42. The zero-order chi connectivity index (χ0) is 17.8. The second kappa shape index (κ2) is 7.57. The van der Waals surface area contributed by atoms with Crippen LogP contribution in [0.1, 0.15) is 36.9 Å². The number of nitrogens with zero attached hydrogens (tertiary/aromatic N) is 2. The van der Waals surface area contributed by atoms with Crippen LogP contribution in [0.3, 0.4) is 0 Å². The number of carbonyl (C=O) groups excluding carboxylic acids is 3. The second-order valence-corrected chi connectivity index (χ2v) is 6.58. The minimum absolute atomic E-state index is 0.0349. The Balaban J connectivity index is 1.72. The van der Waals surface area contributed by atoms with E-state index in [1.807, 2.05) is 30.3 Å². The SMILES string of the molecule is CCOC(=O)Cc1csc(N2C(=O)CC(c3ccccc3)CC2=O)n1. The van der Waals surface area contributed by atoms with Crippen molar-refractivity contribution < 1.29 is 19.1 Å². The first-order valence-corrected chi connectivity index (χ1v) is 8.97. The lowest BCUT2D eigenvalue weighted by atomic mass is 9.89. The van der Waals surface area contributed by atoms with Crippen molar-refractivity contribution in [3.63, 3.8) is 0 Å². The number of rotatable bonds is 5. The minimum atomic E-state index is -0.375. The molecule has 0 bridgehead atoms. The molecule has 1 aliphatic heterocycles. The minimum Gasteiger partial charge on any atom is -0.466 e. The maximum absolute atomic E-state index is 12.5. The Morgan fingerprint density at radius 3 is 2.56 bits per heavy atom. The molecule has 25 heavy (non-hydrogen) atoms. The predicted octanol–water partition coefficient (Wildman–Crippen LogP) is 2.69. The number of ether oxygens (including phenoxy) is 1. The van der Waals surface area contributed by atoms with Gasteiger partial charge in [-0.05, 0) is 12.5 Å². The van der Waals surface area contributed by atoms with Crippen molar-refractivity contribution >= 4 is 34.3 Å². The summed E-state index contributed by atoms with van der Waals surface area (Å²) in [6.45, 7) is 2.04. The molecule has 1 fully saturated rings. The molecule has 3 rings (SSSR count). The molecule has 0 aliphatic carbocycles. The Kier molecular flexibility index (Phi) is 5.23. The van der Waals surface area contributed by atoms with Crippen molar-refractivity contribution in [1.82, 2.24) is 4.98 Å². The molecule has 1 aromatic heterocycles. The molecule has 2 heterocycles. The van der Waals surface area contributed by atoms with Crippen LogP contribution in [0.5, 0.6) is 0 Å². The summed E-state index contributed by atoms with van der Waals surface area (Å²) < 4.78 is 4.88. The fourth-order valence-corrected chi connectivity index (χ4v) is 3.69. The Hall–Kier alpha value is -2.54. The lowest BCUT2D eigenvalue weighted by Gasteiger charge is -2.28. The van der Waals surface area contributed by atoms with E-state index in [9.17, 15) is 14.4 Å². The van der Waals surface area contributed by atoms with E-state index >= 15 is 0 Å². The van der Waals surface area contributed by atoms with Crippen LogP contribution in [0.4, 0.5) is 5.13 Å². The number of carbonyl (C=O) groups is 3. The summed E-state index contributed by atoms with van der Waals surface area (Å²) in [5, 5.41) is 2.00. The molecule has 6 nitrogen and oxygen atoms in total. The van der Waals surface area contributed by atoms with Gasteiger partial charge in [0, 0.05) is 24.1 Å². The van der Waals surface area contributed by atoms with Gasteiger partial charge in [0.15, 0.2) is 5.13 Å². The van der Waals surface area contributed by atoms with E-state index < -0.39 is 0 Å². The van der Waals surface area contributed by atoms with Crippen molar-refractivity contribution in [3.8, 4) is 0 Å². The lowest BCUT2D eigenvalue weighted by molar-refractivity contribution is -0.142. The van der Waals surface area contributed by atoms with Crippen LogP contribution in [0.15, 0.2) is 35.7 Å². The molecule has 2 amide bonds. The number of hydrogen-bond donors (Lipinski definition) is 0. The molecule has 0 atom stereocenters. The van der Waals surface area contributed by atoms with Gasteiger partial charge in [0.1, 0.15) is 0 Å². The standard InChI is InChI=1S/C18H18N2O4S/c1-2-24-17(23)10-14-11-25-18(19-14)20-15(21)8-13(9-16(20)22)12-6-4-3-5-7-12/h3-7,11,13H,2,8-10H2,1H3. The molecular formula is C18H18N2O4S. The molecule has 1 aromatic carbocycles. The normalized spacial score (nSPS) is 15.5. The van der Waals surface area contributed by atoms with Crippen molar-refractivity contribution in [2.45, 2.75) is 32.1 Å². The van der Waals surface area contributed by atoms with Gasteiger partial charge >= 0.3 is 5.97 Å². The summed E-state index contributed by atoms with van der Waals surface area (Å²) in [5.41, 5.74) is 1.50. The number of imide groups is 1. The van der Waals surface area contributed by atoms with E-state index in [2.05, 4.69) is 4.98 Å². The van der Waals surface area contributed by atoms with E-state index in [1.54, 1.807) is 12.3 Å². The molecule has 130 valence electrons. The van der Waals surface area contributed by atoms with Gasteiger partial charge in [0.25, 0.3) is 0 Å². The van der Waals surface area contributed by atoms with Gasteiger partial charge in [0.05, 0.1) is 18.7 Å². The fourth-order valence-electron chi connectivity index (χ4n) is 2.83. The van der Waals surface area contributed by atoms with Gasteiger partial charge in [-0.2, -0.15) is 0 Å². The maximum atomic E-state index is 12.5. The number of benzene rings is 1. The molecule has 7 heteroatoms. The van der Waals surface area contributed by atoms with Gasteiger partial charge in [-0.1, -0.05) is 30.3 Å². The monoisotopic (exact) mass is 358 g/mol. The molecule has 1 saturated heterocycles. The van der Waals surface area contributed by atoms with Gasteiger partial charge in [-0.25, -0.2) is 9.88 Å². The summed E-state index contributed by atoms with van der Waals surface area (Å²) in [6.07, 6.45) is 0.568. The van der Waals surface area contributed by atoms with Crippen LogP contribution in [0.25, 0.3) is 0 Å². The van der Waals surface area contributed by atoms with E-state index in [0.717, 1.165) is 10.5 Å². The highest BCUT2D eigenvalue weighted by Crippen LogP contribution is 2.33. The molecule has 0 N–H and O–H groups in total. The topological polar surface area (TPSA) is 76.6 Å². The molecule has 0 saturated carbocycles. The van der Waals surface area contributed by atoms with E-state index in [-0.39, 0.29) is 43.0 Å². The summed E-state index contributed by atoms with van der Waals surface area (Å²) in [6, 6.07) is 9.57. The predicted molar refractivity (Wildman–Crippen MR) is 93.4 cm³/mol. The first-order valence-electron chi connectivity index (χ1n) is 8.09. The third-order valence-corrected chi connectivity index (χ3v) is 4.85. The van der Waals surface area contributed by atoms with E-state index in [4.69, 9.17) is 4.74 Å². The number of amides is 2. The number of esters is 1. The second-order valence-electron chi connectivity index (χ2n) is 5.74. The summed E-state index contributed by atoms with van der Waals surface area (Å²) in [7, 11) is 0. The number of anilines is 1. The first kappa shape index (κ1) is 17.3. The number of aromatic nitrogens is 1. The van der Waals surface area contributed by atoms with Crippen molar-refractivity contribution in [2.75, 3.05) is 11.5 Å². The van der Waals surface area contributed by atoms with Crippen LogP contribution < -0.4 is 4.90 Å². The highest BCUT2D eigenvalue weighted by Gasteiger charge is 2.35. The van der Waals surface area contributed by atoms with Crippen LogP contribution in [0, 0.1) is 0 Å². The zero-order valence-electron chi connectivity index (χ0n) is 13.8. The van der Waals surface area contributed by atoms with E-state index in [0.29, 0.717) is 17.4 Å². The highest BCUT2D eigenvalue weighted by atomic mass is 32.1. The largest absolute Gasteiger partial charge is 0.466 e. The molecule has 2 aromatic rings. The molecular weight excluding hydrogens is 340 g/mol. The third-order valence-electron chi connectivity index (χ3n) is 3.97. The Labute approximate surface area is 149 Å². The Bertz CT molecular complexity index is 769. The summed E-state index contributed by atoms with van der Waals surface area (Å²) >= 11 is 1.19. The first-order chi connectivity index (χ1) is 12.1. The van der Waals surface area contributed by atoms with Crippen molar-refractivity contribution in [3.05, 3.63) is 47.0 Å². The van der Waals surface area contributed by atoms with Crippen molar-refractivity contribution in [2.24, 2.45) is 0 Å². The maximum Gasteiger partial charge on any atom is 0.311 e. The van der Waals surface area contributed by atoms with Crippen LogP contribution in [-0.4, -0.2) is 29.4 Å². The van der Waals surface area contributed by atoms with Crippen LogP contribution >= 0.6 is 11.3 Å². The van der Waals surface area contributed by atoms with Crippen LogP contribution in [-0.2, 0) is 25.5 Å². The molecule has 0 radical (unpaired) electrons. The quantitative estimate of drug-likeness (QED) is 0.607. The van der Waals surface area contributed by atoms with E-state index in [1.165, 1.54) is 11.3 Å². The summed E-state index contributed by atoms with van der Waals surface area (Å²) in [4.78, 5) is 41.9. The average molecular weight is 358 g/mol. The highest BCUT2D eigenvalue weighted by molar-refractivity contribution is 7.14. The van der Waals surface area contributed by atoms with Gasteiger partial charge in [0.2, 0.25) is 11.8 Å².